The number of hydrogen-bond acceptors (Lipinski definition) is 3. The number of hydrogen-bond donors (Lipinski definition) is 1. The first-order valence-corrected chi connectivity index (χ1v) is 7.32. The van der Waals surface area contributed by atoms with Crippen LogP contribution in [0, 0.1) is 5.92 Å². The molecule has 2 rings (SSSR count). The van der Waals surface area contributed by atoms with Gasteiger partial charge in [0.25, 0.3) is 0 Å². The Labute approximate surface area is 111 Å². The van der Waals surface area contributed by atoms with Crippen LogP contribution in [0.1, 0.15) is 32.1 Å². The SMILES string of the molecule is CN(C)CCC(=O)N1CCCC(C2CCCN2)C1. The topological polar surface area (TPSA) is 35.6 Å². The van der Waals surface area contributed by atoms with Crippen molar-refractivity contribution < 1.29 is 4.79 Å². The zero-order chi connectivity index (χ0) is 13.0. The molecule has 4 nitrogen and oxygen atoms in total. The van der Waals surface area contributed by atoms with Crippen molar-refractivity contribution in [3.63, 3.8) is 0 Å². The summed E-state index contributed by atoms with van der Waals surface area (Å²) in [6, 6.07) is 0.662. The van der Waals surface area contributed by atoms with E-state index in [0.29, 0.717) is 24.3 Å². The van der Waals surface area contributed by atoms with E-state index in [2.05, 4.69) is 15.1 Å². The van der Waals surface area contributed by atoms with Gasteiger partial charge in [0.05, 0.1) is 0 Å². The largest absolute Gasteiger partial charge is 0.342 e. The summed E-state index contributed by atoms with van der Waals surface area (Å²) in [4.78, 5) is 16.3. The Morgan fingerprint density at radius 3 is 2.83 bits per heavy atom. The van der Waals surface area contributed by atoms with Gasteiger partial charge in [0.2, 0.25) is 5.91 Å². The molecule has 18 heavy (non-hydrogen) atoms. The van der Waals surface area contributed by atoms with Gasteiger partial charge in [-0.3, -0.25) is 4.79 Å². The maximum absolute atomic E-state index is 12.1. The summed E-state index contributed by atoms with van der Waals surface area (Å²) in [7, 11) is 4.05. The predicted octanol–water partition coefficient (Wildman–Crippen LogP) is 0.929. The van der Waals surface area contributed by atoms with Crippen molar-refractivity contribution in [2.24, 2.45) is 5.92 Å². The van der Waals surface area contributed by atoms with Crippen molar-refractivity contribution in [1.29, 1.82) is 0 Å². The fourth-order valence-corrected chi connectivity index (χ4v) is 3.16. The molecular weight excluding hydrogens is 226 g/mol. The smallest absolute Gasteiger partial charge is 0.223 e. The van der Waals surface area contributed by atoms with Crippen LogP contribution in [0.5, 0.6) is 0 Å². The Balaban J connectivity index is 1.80. The van der Waals surface area contributed by atoms with E-state index in [1.54, 1.807) is 0 Å². The number of carbonyl (C=O) groups is 1. The van der Waals surface area contributed by atoms with Crippen LogP contribution in [0.2, 0.25) is 0 Å². The van der Waals surface area contributed by atoms with Gasteiger partial charge in [-0.15, -0.1) is 0 Å². The van der Waals surface area contributed by atoms with E-state index in [4.69, 9.17) is 0 Å². The molecule has 1 amide bonds. The highest BCUT2D eigenvalue weighted by atomic mass is 16.2. The van der Waals surface area contributed by atoms with Crippen LogP contribution < -0.4 is 5.32 Å². The van der Waals surface area contributed by atoms with Gasteiger partial charge >= 0.3 is 0 Å². The lowest BCUT2D eigenvalue weighted by molar-refractivity contribution is -0.133. The molecule has 2 fully saturated rings. The van der Waals surface area contributed by atoms with Crippen LogP contribution in [0.25, 0.3) is 0 Å². The maximum Gasteiger partial charge on any atom is 0.223 e. The van der Waals surface area contributed by atoms with Crippen molar-refractivity contribution in [2.75, 3.05) is 40.3 Å². The summed E-state index contributed by atoms with van der Waals surface area (Å²) < 4.78 is 0. The van der Waals surface area contributed by atoms with E-state index >= 15 is 0 Å². The Bertz CT molecular complexity index is 274. The first-order valence-electron chi connectivity index (χ1n) is 7.32. The highest BCUT2D eigenvalue weighted by Crippen LogP contribution is 2.25. The number of nitrogens with zero attached hydrogens (tertiary/aromatic N) is 2. The Morgan fingerprint density at radius 2 is 2.17 bits per heavy atom. The van der Waals surface area contributed by atoms with Gasteiger partial charge in [-0.05, 0) is 52.2 Å². The van der Waals surface area contributed by atoms with E-state index in [1.807, 2.05) is 14.1 Å². The lowest BCUT2D eigenvalue weighted by Crippen LogP contribution is -2.46. The van der Waals surface area contributed by atoms with Gasteiger partial charge in [-0.2, -0.15) is 0 Å². The van der Waals surface area contributed by atoms with E-state index in [0.717, 1.165) is 26.2 Å². The van der Waals surface area contributed by atoms with E-state index in [-0.39, 0.29) is 0 Å². The molecule has 104 valence electrons. The van der Waals surface area contributed by atoms with Crippen LogP contribution in [0.15, 0.2) is 0 Å². The normalized spacial score (nSPS) is 28.9. The molecule has 0 aliphatic carbocycles. The molecule has 2 saturated heterocycles. The average Bonchev–Trinajstić information content (AvgIpc) is 2.90. The molecule has 2 aliphatic rings. The van der Waals surface area contributed by atoms with Crippen LogP contribution in [0.3, 0.4) is 0 Å². The number of rotatable bonds is 4. The second-order valence-electron chi connectivity index (χ2n) is 6.00. The van der Waals surface area contributed by atoms with Crippen molar-refractivity contribution in [3.05, 3.63) is 0 Å². The van der Waals surface area contributed by atoms with Crippen molar-refractivity contribution in [1.82, 2.24) is 15.1 Å². The summed E-state index contributed by atoms with van der Waals surface area (Å²) in [6.07, 6.45) is 5.73. The standard InChI is InChI=1S/C14H27N3O/c1-16(2)10-7-14(18)17-9-4-5-12(11-17)13-6-3-8-15-13/h12-13,15H,3-11H2,1-2H3. The van der Waals surface area contributed by atoms with E-state index < -0.39 is 0 Å². The minimum absolute atomic E-state index is 0.339. The second kappa shape index (κ2) is 6.53. The molecule has 2 heterocycles. The van der Waals surface area contributed by atoms with Crippen LogP contribution >= 0.6 is 0 Å². The number of likely N-dealkylation sites (tertiary alicyclic amines) is 1. The molecule has 0 saturated carbocycles. The molecule has 0 aromatic heterocycles. The van der Waals surface area contributed by atoms with Gasteiger partial charge in [0.15, 0.2) is 0 Å². The first kappa shape index (κ1) is 13.8. The van der Waals surface area contributed by atoms with Crippen molar-refractivity contribution in [2.45, 2.75) is 38.1 Å². The molecule has 0 radical (unpaired) electrons. The fourth-order valence-electron chi connectivity index (χ4n) is 3.16. The monoisotopic (exact) mass is 253 g/mol. The first-order chi connectivity index (χ1) is 8.66. The summed E-state index contributed by atoms with van der Waals surface area (Å²) in [5.74, 6) is 1.02. The Morgan fingerprint density at radius 1 is 1.33 bits per heavy atom. The molecule has 2 unspecified atom stereocenters. The maximum atomic E-state index is 12.1. The molecule has 0 aromatic carbocycles. The lowest BCUT2D eigenvalue weighted by atomic mass is 9.89. The van der Waals surface area contributed by atoms with Crippen LogP contribution in [0.4, 0.5) is 0 Å². The zero-order valence-corrected chi connectivity index (χ0v) is 11.8. The quantitative estimate of drug-likeness (QED) is 0.809. The molecule has 2 aliphatic heterocycles. The lowest BCUT2D eigenvalue weighted by Gasteiger charge is -2.36. The number of carbonyl (C=O) groups excluding carboxylic acids is 1. The predicted molar refractivity (Wildman–Crippen MR) is 73.5 cm³/mol. The highest BCUT2D eigenvalue weighted by Gasteiger charge is 2.30. The second-order valence-corrected chi connectivity index (χ2v) is 6.00. The molecule has 0 aromatic rings. The number of amides is 1. The third-order valence-corrected chi connectivity index (χ3v) is 4.25. The van der Waals surface area contributed by atoms with Crippen molar-refractivity contribution in [3.8, 4) is 0 Å². The number of nitrogens with one attached hydrogen (secondary N) is 1. The molecule has 0 bridgehead atoms. The molecular formula is C14H27N3O. The minimum Gasteiger partial charge on any atom is -0.342 e. The molecule has 4 heteroatoms. The number of piperidine rings is 1. The van der Waals surface area contributed by atoms with Crippen molar-refractivity contribution >= 4 is 5.91 Å². The average molecular weight is 253 g/mol. The van der Waals surface area contributed by atoms with Gasteiger partial charge in [0, 0.05) is 32.1 Å². The van der Waals surface area contributed by atoms with E-state index in [1.165, 1.54) is 25.7 Å². The summed E-state index contributed by atoms with van der Waals surface area (Å²) in [5.41, 5.74) is 0. The van der Waals surface area contributed by atoms with Gasteiger partial charge in [-0.25, -0.2) is 0 Å². The minimum atomic E-state index is 0.339. The molecule has 2 atom stereocenters. The zero-order valence-electron chi connectivity index (χ0n) is 11.8. The highest BCUT2D eigenvalue weighted by molar-refractivity contribution is 5.76. The van der Waals surface area contributed by atoms with E-state index in [9.17, 15) is 4.79 Å². The summed E-state index contributed by atoms with van der Waals surface area (Å²) >= 11 is 0. The van der Waals surface area contributed by atoms with Crippen LogP contribution in [-0.2, 0) is 4.79 Å². The third kappa shape index (κ3) is 3.69. The summed E-state index contributed by atoms with van der Waals surface area (Å²) in [5, 5.41) is 3.59. The Hall–Kier alpha value is -0.610. The Kier molecular flexibility index (Phi) is 5.01. The molecule has 0 spiro atoms. The summed E-state index contributed by atoms with van der Waals surface area (Å²) in [6.45, 7) is 3.97. The van der Waals surface area contributed by atoms with Gasteiger partial charge in [0.1, 0.15) is 0 Å². The van der Waals surface area contributed by atoms with Gasteiger partial charge < -0.3 is 15.1 Å². The van der Waals surface area contributed by atoms with Crippen LogP contribution in [-0.4, -0.2) is 62.0 Å². The molecule has 1 N–H and O–H groups in total. The fraction of sp³-hybridized carbons (Fsp3) is 0.929. The van der Waals surface area contributed by atoms with Gasteiger partial charge in [-0.1, -0.05) is 0 Å². The third-order valence-electron chi connectivity index (χ3n) is 4.25.